The standard InChI is InChI=1S/C7H6ClNO3/c1-3-5(8)4(10)2-9-6(3)7(11)12/h2,10H,1H3,(H,11,12). The summed E-state index contributed by atoms with van der Waals surface area (Å²) in [5.74, 6) is -1.37. The van der Waals surface area contributed by atoms with Gasteiger partial charge in [-0.15, -0.1) is 0 Å². The van der Waals surface area contributed by atoms with Crippen LogP contribution in [0.5, 0.6) is 5.75 Å². The normalized spacial score (nSPS) is 9.83. The molecule has 5 heteroatoms. The van der Waals surface area contributed by atoms with Crippen LogP contribution in [0, 0.1) is 6.92 Å². The molecule has 1 rings (SSSR count). The van der Waals surface area contributed by atoms with Gasteiger partial charge in [-0.1, -0.05) is 11.6 Å². The molecule has 1 aromatic heterocycles. The Balaban J connectivity index is 3.36. The second kappa shape index (κ2) is 2.98. The first-order chi connectivity index (χ1) is 5.54. The van der Waals surface area contributed by atoms with E-state index in [-0.39, 0.29) is 22.0 Å². The fourth-order valence-corrected chi connectivity index (χ4v) is 0.929. The third-order valence-electron chi connectivity index (χ3n) is 1.43. The van der Waals surface area contributed by atoms with Crippen molar-refractivity contribution in [3.63, 3.8) is 0 Å². The fourth-order valence-electron chi connectivity index (χ4n) is 0.791. The van der Waals surface area contributed by atoms with Gasteiger partial charge in [0.05, 0.1) is 11.2 Å². The largest absolute Gasteiger partial charge is 0.505 e. The highest BCUT2D eigenvalue weighted by Crippen LogP contribution is 2.26. The molecule has 0 fully saturated rings. The van der Waals surface area contributed by atoms with Crippen LogP contribution in [0.15, 0.2) is 6.20 Å². The third-order valence-corrected chi connectivity index (χ3v) is 1.90. The molecule has 4 nitrogen and oxygen atoms in total. The monoisotopic (exact) mass is 187 g/mol. The Kier molecular flexibility index (Phi) is 2.19. The summed E-state index contributed by atoms with van der Waals surface area (Å²) in [6, 6.07) is 0. The first kappa shape index (κ1) is 8.80. The van der Waals surface area contributed by atoms with Gasteiger partial charge in [0.25, 0.3) is 0 Å². The SMILES string of the molecule is Cc1c(C(=O)O)ncc(O)c1Cl. The van der Waals surface area contributed by atoms with Crippen LogP contribution in [-0.4, -0.2) is 21.2 Å². The number of hydrogen-bond acceptors (Lipinski definition) is 3. The first-order valence-corrected chi connectivity index (χ1v) is 3.49. The molecule has 0 bridgehead atoms. The molecule has 0 atom stereocenters. The van der Waals surface area contributed by atoms with Gasteiger partial charge in [0.15, 0.2) is 11.4 Å². The molecule has 0 aliphatic carbocycles. The average molecular weight is 188 g/mol. The van der Waals surface area contributed by atoms with Crippen molar-refractivity contribution in [2.45, 2.75) is 6.92 Å². The molecule has 0 aliphatic rings. The van der Waals surface area contributed by atoms with E-state index in [0.29, 0.717) is 0 Å². The summed E-state index contributed by atoms with van der Waals surface area (Å²) in [5.41, 5.74) is 0.127. The van der Waals surface area contributed by atoms with Crippen molar-refractivity contribution in [1.29, 1.82) is 0 Å². The van der Waals surface area contributed by atoms with Gasteiger partial charge in [0.1, 0.15) is 0 Å². The van der Waals surface area contributed by atoms with E-state index >= 15 is 0 Å². The minimum atomic E-state index is -1.16. The van der Waals surface area contributed by atoms with Crippen molar-refractivity contribution in [3.8, 4) is 5.75 Å². The van der Waals surface area contributed by atoms with E-state index in [0.717, 1.165) is 6.20 Å². The van der Waals surface area contributed by atoms with Crippen LogP contribution in [0.2, 0.25) is 5.02 Å². The Morgan fingerprint density at radius 3 is 2.75 bits per heavy atom. The molecular weight excluding hydrogens is 182 g/mol. The lowest BCUT2D eigenvalue weighted by molar-refractivity contribution is 0.0689. The number of pyridine rings is 1. The van der Waals surface area contributed by atoms with Crippen LogP contribution in [0.4, 0.5) is 0 Å². The van der Waals surface area contributed by atoms with E-state index < -0.39 is 5.97 Å². The van der Waals surface area contributed by atoms with E-state index in [1.54, 1.807) is 0 Å². The molecule has 0 amide bonds. The lowest BCUT2D eigenvalue weighted by atomic mass is 10.2. The Morgan fingerprint density at radius 1 is 1.67 bits per heavy atom. The van der Waals surface area contributed by atoms with E-state index in [1.807, 2.05) is 0 Å². The number of carbonyl (C=O) groups is 1. The summed E-state index contributed by atoms with van der Waals surface area (Å²) in [4.78, 5) is 14.0. The number of aromatic nitrogens is 1. The predicted molar refractivity (Wildman–Crippen MR) is 42.6 cm³/mol. The van der Waals surface area contributed by atoms with Crippen LogP contribution < -0.4 is 0 Å². The minimum Gasteiger partial charge on any atom is -0.505 e. The number of carboxylic acid groups (broad SMARTS) is 1. The maximum Gasteiger partial charge on any atom is 0.354 e. The predicted octanol–water partition coefficient (Wildman–Crippen LogP) is 1.45. The van der Waals surface area contributed by atoms with Crippen LogP contribution in [0.3, 0.4) is 0 Å². The van der Waals surface area contributed by atoms with Crippen molar-refractivity contribution in [2.75, 3.05) is 0 Å². The zero-order chi connectivity index (χ0) is 9.30. The quantitative estimate of drug-likeness (QED) is 0.698. The molecule has 0 saturated carbocycles. The maximum atomic E-state index is 10.5. The number of halogens is 1. The first-order valence-electron chi connectivity index (χ1n) is 3.11. The lowest BCUT2D eigenvalue weighted by Crippen LogP contribution is -2.03. The fraction of sp³-hybridized carbons (Fsp3) is 0.143. The van der Waals surface area contributed by atoms with Crippen LogP contribution in [0.1, 0.15) is 16.1 Å². The number of rotatable bonds is 1. The van der Waals surface area contributed by atoms with E-state index in [4.69, 9.17) is 21.8 Å². The lowest BCUT2D eigenvalue weighted by Gasteiger charge is -2.02. The number of carboxylic acids is 1. The summed E-state index contributed by atoms with van der Waals surface area (Å²) in [6.07, 6.45) is 1.01. The van der Waals surface area contributed by atoms with Crippen molar-refractivity contribution in [3.05, 3.63) is 22.5 Å². The summed E-state index contributed by atoms with van der Waals surface area (Å²) in [6.45, 7) is 1.48. The van der Waals surface area contributed by atoms with E-state index in [1.165, 1.54) is 6.92 Å². The van der Waals surface area contributed by atoms with Gasteiger partial charge in [-0.25, -0.2) is 9.78 Å². The van der Waals surface area contributed by atoms with Gasteiger partial charge < -0.3 is 10.2 Å². The average Bonchev–Trinajstić information content (AvgIpc) is 2.00. The molecule has 0 spiro atoms. The Labute approximate surface area is 73.4 Å². The summed E-state index contributed by atoms with van der Waals surface area (Å²) in [5, 5.41) is 17.6. The van der Waals surface area contributed by atoms with Gasteiger partial charge in [0, 0.05) is 5.56 Å². The van der Waals surface area contributed by atoms with Gasteiger partial charge in [0.2, 0.25) is 0 Å². The summed E-state index contributed by atoms with van der Waals surface area (Å²) >= 11 is 5.57. The second-order valence-corrected chi connectivity index (χ2v) is 2.61. The zero-order valence-electron chi connectivity index (χ0n) is 6.21. The van der Waals surface area contributed by atoms with Gasteiger partial charge >= 0.3 is 5.97 Å². The number of aromatic carboxylic acids is 1. The maximum absolute atomic E-state index is 10.5. The highest BCUT2D eigenvalue weighted by atomic mass is 35.5. The molecule has 0 aliphatic heterocycles. The molecule has 1 aromatic rings. The van der Waals surface area contributed by atoms with Gasteiger partial charge in [-0.3, -0.25) is 0 Å². The van der Waals surface area contributed by atoms with Crippen LogP contribution >= 0.6 is 11.6 Å². The Hall–Kier alpha value is -1.29. The van der Waals surface area contributed by atoms with Crippen molar-refractivity contribution >= 4 is 17.6 Å². The van der Waals surface area contributed by atoms with Crippen molar-refractivity contribution in [2.24, 2.45) is 0 Å². The number of hydrogen-bond donors (Lipinski definition) is 2. The summed E-state index contributed by atoms with van der Waals surface area (Å²) in [7, 11) is 0. The molecule has 64 valence electrons. The molecule has 2 N–H and O–H groups in total. The van der Waals surface area contributed by atoms with E-state index in [2.05, 4.69) is 4.98 Å². The van der Waals surface area contributed by atoms with Crippen molar-refractivity contribution < 1.29 is 15.0 Å². The van der Waals surface area contributed by atoms with Gasteiger partial charge in [-0.2, -0.15) is 0 Å². The molecular formula is C7H6ClNO3. The van der Waals surface area contributed by atoms with Gasteiger partial charge in [-0.05, 0) is 6.92 Å². The smallest absolute Gasteiger partial charge is 0.354 e. The molecule has 1 heterocycles. The van der Waals surface area contributed by atoms with Crippen LogP contribution in [0.25, 0.3) is 0 Å². The second-order valence-electron chi connectivity index (χ2n) is 2.24. The number of nitrogens with zero attached hydrogens (tertiary/aromatic N) is 1. The van der Waals surface area contributed by atoms with E-state index in [9.17, 15) is 4.79 Å². The van der Waals surface area contributed by atoms with Crippen LogP contribution in [-0.2, 0) is 0 Å². The van der Waals surface area contributed by atoms with Crippen molar-refractivity contribution in [1.82, 2.24) is 4.98 Å². The third kappa shape index (κ3) is 1.33. The molecule has 0 saturated heterocycles. The summed E-state index contributed by atoms with van der Waals surface area (Å²) < 4.78 is 0. The molecule has 12 heavy (non-hydrogen) atoms. The highest BCUT2D eigenvalue weighted by molar-refractivity contribution is 6.33. The molecule has 0 unspecified atom stereocenters. The minimum absolute atomic E-state index is 0.0300. The Bertz CT molecular complexity index is 338. The molecule has 0 aromatic carbocycles. The Morgan fingerprint density at radius 2 is 2.25 bits per heavy atom. The highest BCUT2D eigenvalue weighted by Gasteiger charge is 2.13. The zero-order valence-corrected chi connectivity index (χ0v) is 6.96. The number of aromatic hydroxyl groups is 1. The molecule has 0 radical (unpaired) electrons. The topological polar surface area (TPSA) is 70.4 Å².